The summed E-state index contributed by atoms with van der Waals surface area (Å²) in [4.78, 5) is 29.4. The van der Waals surface area contributed by atoms with Gasteiger partial charge in [-0.1, -0.05) is 12.1 Å². The van der Waals surface area contributed by atoms with Gasteiger partial charge in [0.1, 0.15) is 5.82 Å². The van der Waals surface area contributed by atoms with E-state index in [9.17, 15) is 13.2 Å². The van der Waals surface area contributed by atoms with Crippen molar-refractivity contribution in [3.8, 4) is 11.4 Å². The minimum atomic E-state index is -3.50. The molecule has 2 aliphatic rings. The van der Waals surface area contributed by atoms with Gasteiger partial charge >= 0.3 is 0 Å². The van der Waals surface area contributed by atoms with Crippen LogP contribution in [-0.4, -0.2) is 67.4 Å². The molecule has 3 aromatic heterocycles. The summed E-state index contributed by atoms with van der Waals surface area (Å²) in [5, 5.41) is 3.71. The van der Waals surface area contributed by atoms with Gasteiger partial charge in [0.25, 0.3) is 5.91 Å². The van der Waals surface area contributed by atoms with E-state index >= 15 is 0 Å². The van der Waals surface area contributed by atoms with E-state index in [0.717, 1.165) is 41.2 Å². The van der Waals surface area contributed by atoms with E-state index in [2.05, 4.69) is 22.1 Å². The van der Waals surface area contributed by atoms with Crippen LogP contribution in [-0.2, 0) is 32.5 Å². The van der Waals surface area contributed by atoms with Crippen LogP contribution in [0.1, 0.15) is 28.5 Å². The van der Waals surface area contributed by atoms with Crippen molar-refractivity contribution < 1.29 is 22.7 Å². The molecule has 11 heteroatoms. The second-order valence-corrected chi connectivity index (χ2v) is 12.0. The molecule has 1 amide bonds. The molecule has 0 radical (unpaired) electrons. The van der Waals surface area contributed by atoms with Gasteiger partial charge in [-0.25, -0.2) is 18.4 Å². The number of anilines is 1. The van der Waals surface area contributed by atoms with E-state index < -0.39 is 9.84 Å². The smallest absolute Gasteiger partial charge is 0.251 e. The molecule has 0 aliphatic carbocycles. The number of hydrogen-bond acceptors (Lipinski definition) is 9. The molecular weight excluding hydrogens is 530 g/mol. The van der Waals surface area contributed by atoms with Gasteiger partial charge in [0.05, 0.1) is 65.7 Å². The zero-order chi connectivity index (χ0) is 27.7. The second-order valence-electron chi connectivity index (χ2n) is 9.95. The van der Waals surface area contributed by atoms with Gasteiger partial charge in [0.15, 0.2) is 9.84 Å². The zero-order valence-electron chi connectivity index (χ0n) is 22.0. The third-order valence-electron chi connectivity index (χ3n) is 7.04. The lowest BCUT2D eigenvalue weighted by Crippen LogP contribution is -2.41. The summed E-state index contributed by atoms with van der Waals surface area (Å²) in [6, 6.07) is 16.3. The number of benzene rings is 1. The predicted octanol–water partition coefficient (Wildman–Crippen LogP) is 3.15. The van der Waals surface area contributed by atoms with E-state index in [1.165, 1.54) is 6.07 Å². The van der Waals surface area contributed by atoms with Gasteiger partial charge in [-0.15, -0.1) is 0 Å². The molecule has 1 atom stereocenters. The van der Waals surface area contributed by atoms with Crippen molar-refractivity contribution in [3.05, 3.63) is 77.6 Å². The van der Waals surface area contributed by atoms with Crippen molar-refractivity contribution >= 4 is 32.5 Å². The predicted molar refractivity (Wildman–Crippen MR) is 150 cm³/mol. The molecule has 0 spiro atoms. The number of fused-ring (bicyclic) bond motifs is 2. The Bertz CT molecular complexity index is 1690. The normalized spacial score (nSPS) is 18.6. The summed E-state index contributed by atoms with van der Waals surface area (Å²) in [5.41, 5.74) is 3.71. The number of carbonyl (C=O) groups excluding carboxylic acids is 1. The first kappa shape index (κ1) is 26.3. The van der Waals surface area contributed by atoms with Crippen LogP contribution in [0.2, 0.25) is 0 Å². The number of carbonyl (C=O) groups is 1. The highest BCUT2D eigenvalue weighted by Crippen LogP contribution is 2.25. The molecule has 6 rings (SSSR count). The highest BCUT2D eigenvalue weighted by Gasteiger charge is 2.24. The summed E-state index contributed by atoms with van der Waals surface area (Å²) in [6.07, 6.45) is 1.88. The van der Waals surface area contributed by atoms with Gasteiger partial charge in [-0.2, -0.15) is 0 Å². The Morgan fingerprint density at radius 3 is 2.83 bits per heavy atom. The maximum absolute atomic E-state index is 12.9. The highest BCUT2D eigenvalue weighted by molar-refractivity contribution is 7.91. The number of ether oxygens (including phenoxy) is 2. The van der Waals surface area contributed by atoms with Crippen molar-refractivity contribution in [2.45, 2.75) is 31.1 Å². The van der Waals surface area contributed by atoms with Crippen LogP contribution in [0.5, 0.6) is 0 Å². The molecule has 4 aromatic rings. The number of hydrogen-bond donors (Lipinski definition) is 1. The van der Waals surface area contributed by atoms with Crippen LogP contribution >= 0.6 is 0 Å². The summed E-state index contributed by atoms with van der Waals surface area (Å²) in [7, 11) is -3.50. The molecule has 0 unspecified atom stereocenters. The van der Waals surface area contributed by atoms with Gasteiger partial charge < -0.3 is 19.7 Å². The molecule has 2 aliphatic heterocycles. The molecule has 10 nitrogen and oxygen atoms in total. The van der Waals surface area contributed by atoms with Gasteiger partial charge in [0, 0.05) is 30.2 Å². The SMILES string of the molecule is C[C@H]1CN(c2cccc(-c3ccc4cnc(CNC(=O)c5ccc6c(c5)S(=O)(=O)CCOC6)cc4n3)n2)CCO1. The maximum atomic E-state index is 12.9. The molecule has 5 heterocycles. The largest absolute Gasteiger partial charge is 0.376 e. The molecule has 1 aromatic carbocycles. The zero-order valence-corrected chi connectivity index (χ0v) is 22.9. The van der Waals surface area contributed by atoms with Crippen LogP contribution < -0.4 is 10.2 Å². The topological polar surface area (TPSA) is 124 Å². The van der Waals surface area contributed by atoms with Crippen molar-refractivity contribution in [2.75, 3.05) is 37.0 Å². The van der Waals surface area contributed by atoms with E-state index in [1.54, 1.807) is 18.3 Å². The summed E-state index contributed by atoms with van der Waals surface area (Å²) < 4.78 is 36.2. The number of pyridine rings is 3. The van der Waals surface area contributed by atoms with Crippen LogP contribution in [0.25, 0.3) is 22.3 Å². The fourth-order valence-corrected chi connectivity index (χ4v) is 6.29. The van der Waals surface area contributed by atoms with E-state index in [1.807, 2.05) is 36.4 Å². The molecule has 1 fully saturated rings. The van der Waals surface area contributed by atoms with Crippen molar-refractivity contribution in [3.63, 3.8) is 0 Å². The highest BCUT2D eigenvalue weighted by atomic mass is 32.2. The average Bonchev–Trinajstić information content (AvgIpc) is 3.12. The van der Waals surface area contributed by atoms with Crippen molar-refractivity contribution in [2.24, 2.45) is 0 Å². The first-order valence-electron chi connectivity index (χ1n) is 13.2. The number of rotatable bonds is 5. The minimum absolute atomic E-state index is 0.104. The Labute approximate surface area is 232 Å². The van der Waals surface area contributed by atoms with E-state index in [4.69, 9.17) is 19.4 Å². The quantitative estimate of drug-likeness (QED) is 0.393. The number of nitrogens with zero attached hydrogens (tertiary/aromatic N) is 4. The molecule has 0 saturated carbocycles. The lowest BCUT2D eigenvalue weighted by molar-refractivity contribution is 0.0529. The Balaban J connectivity index is 1.19. The molecule has 1 N–H and O–H groups in total. The van der Waals surface area contributed by atoms with Crippen molar-refractivity contribution in [1.82, 2.24) is 20.3 Å². The molecule has 0 bridgehead atoms. The fourth-order valence-electron chi connectivity index (χ4n) is 4.90. The Kier molecular flexibility index (Phi) is 7.18. The third kappa shape index (κ3) is 5.53. The lowest BCUT2D eigenvalue weighted by atomic mass is 10.1. The summed E-state index contributed by atoms with van der Waals surface area (Å²) in [5.74, 6) is 0.406. The molecule has 40 heavy (non-hydrogen) atoms. The lowest BCUT2D eigenvalue weighted by Gasteiger charge is -2.32. The maximum Gasteiger partial charge on any atom is 0.251 e. The fraction of sp³-hybridized carbons (Fsp3) is 0.310. The Morgan fingerprint density at radius 2 is 1.95 bits per heavy atom. The van der Waals surface area contributed by atoms with E-state index in [-0.39, 0.29) is 48.0 Å². The summed E-state index contributed by atoms with van der Waals surface area (Å²) >= 11 is 0. The van der Waals surface area contributed by atoms with Crippen LogP contribution in [0, 0.1) is 0 Å². The molecular formula is C29H29N5O5S. The third-order valence-corrected chi connectivity index (χ3v) is 8.79. The van der Waals surface area contributed by atoms with Crippen LogP contribution in [0.3, 0.4) is 0 Å². The first-order chi connectivity index (χ1) is 19.4. The minimum Gasteiger partial charge on any atom is -0.376 e. The van der Waals surface area contributed by atoms with Gasteiger partial charge in [-0.05, 0) is 55.0 Å². The molecule has 206 valence electrons. The van der Waals surface area contributed by atoms with Crippen LogP contribution in [0.15, 0.2) is 65.7 Å². The van der Waals surface area contributed by atoms with Crippen molar-refractivity contribution in [1.29, 1.82) is 0 Å². The number of sulfone groups is 1. The summed E-state index contributed by atoms with van der Waals surface area (Å²) in [6.45, 7) is 4.82. The number of amides is 1. The monoisotopic (exact) mass is 559 g/mol. The Hall–Kier alpha value is -3.93. The number of morpholine rings is 1. The Morgan fingerprint density at radius 1 is 1.07 bits per heavy atom. The second kappa shape index (κ2) is 10.9. The standard InChI is InChI=1S/C29H29N5O5S/c1-19-17-34(9-10-39-19)28-4-2-3-24(33-28)25-8-7-21-15-30-23(14-26(21)32-25)16-31-29(35)20-5-6-22-18-38-11-12-40(36,37)27(22)13-20/h2-8,13-15,19H,9-12,16-18H2,1H3,(H,31,35)/t19-/m0/s1. The van der Waals surface area contributed by atoms with Gasteiger partial charge in [-0.3, -0.25) is 9.78 Å². The molecule has 1 saturated heterocycles. The number of aromatic nitrogens is 3. The van der Waals surface area contributed by atoms with E-state index in [0.29, 0.717) is 17.9 Å². The number of nitrogens with one attached hydrogen (secondary N) is 1. The first-order valence-corrected chi connectivity index (χ1v) is 14.8. The average molecular weight is 560 g/mol. The van der Waals surface area contributed by atoms with Crippen LogP contribution in [0.4, 0.5) is 5.82 Å². The van der Waals surface area contributed by atoms with Gasteiger partial charge in [0.2, 0.25) is 0 Å².